The molecule has 196 valence electrons. The van der Waals surface area contributed by atoms with Crippen molar-refractivity contribution in [1.82, 2.24) is 20.3 Å². The van der Waals surface area contributed by atoms with Crippen molar-refractivity contribution in [3.63, 3.8) is 0 Å². The molecule has 2 aliphatic rings. The number of nitrogens with zero attached hydrogens (tertiary/aromatic N) is 2. The molecule has 5 N–H and O–H groups in total. The number of nitrogens with two attached hydrogens (primary N) is 1. The van der Waals surface area contributed by atoms with Crippen LogP contribution in [0.1, 0.15) is 39.5 Å². The molecular formula is C26H38N6O3S. The lowest BCUT2D eigenvalue weighted by atomic mass is 9.83. The van der Waals surface area contributed by atoms with Crippen LogP contribution < -0.4 is 21.1 Å². The minimum Gasteiger partial charge on any atom is -0.397 e. The molecule has 1 heterocycles. The summed E-state index contributed by atoms with van der Waals surface area (Å²) in [5.41, 5.74) is 8.17. The maximum Gasteiger partial charge on any atom is 0.317 e. The van der Waals surface area contributed by atoms with Gasteiger partial charge in [-0.1, -0.05) is 24.8 Å². The summed E-state index contributed by atoms with van der Waals surface area (Å²) >= 11 is 0. The normalized spacial score (nSPS) is 22.2. The predicted octanol–water partition coefficient (Wildman–Crippen LogP) is 2.86. The number of sulfonamides is 1. The number of hydrogen-bond acceptors (Lipinski definition) is 6. The van der Waals surface area contributed by atoms with E-state index in [0.29, 0.717) is 23.0 Å². The Balaban J connectivity index is 1.58. The lowest BCUT2D eigenvalue weighted by Crippen LogP contribution is -2.52. The zero-order valence-electron chi connectivity index (χ0n) is 21.2. The van der Waals surface area contributed by atoms with Crippen molar-refractivity contribution in [2.75, 3.05) is 26.2 Å². The quantitative estimate of drug-likeness (QED) is 0.313. The smallest absolute Gasteiger partial charge is 0.317 e. The second kappa shape index (κ2) is 12.7. The lowest BCUT2D eigenvalue weighted by Gasteiger charge is -2.33. The molecule has 9 nitrogen and oxygen atoms in total. The van der Waals surface area contributed by atoms with Crippen LogP contribution in [0.4, 0.5) is 4.79 Å². The van der Waals surface area contributed by atoms with E-state index in [-0.39, 0.29) is 17.0 Å². The highest BCUT2D eigenvalue weighted by atomic mass is 32.2. The Hall–Kier alpha value is -3.11. The molecule has 36 heavy (non-hydrogen) atoms. The van der Waals surface area contributed by atoms with E-state index in [1.54, 1.807) is 37.3 Å². The zero-order chi connectivity index (χ0) is 26.1. The van der Waals surface area contributed by atoms with Crippen LogP contribution in [0.15, 0.2) is 76.0 Å². The van der Waals surface area contributed by atoms with E-state index in [1.807, 2.05) is 11.8 Å². The van der Waals surface area contributed by atoms with Crippen molar-refractivity contribution >= 4 is 21.8 Å². The maximum atomic E-state index is 12.5. The molecule has 0 atom stereocenters. The van der Waals surface area contributed by atoms with Gasteiger partial charge in [0.05, 0.1) is 16.3 Å². The average molecular weight is 515 g/mol. The summed E-state index contributed by atoms with van der Waals surface area (Å²) in [7, 11) is -3.66. The van der Waals surface area contributed by atoms with E-state index in [1.165, 1.54) is 12.1 Å². The van der Waals surface area contributed by atoms with E-state index >= 15 is 0 Å². The number of allylic oxidation sites excluding steroid dienone is 3. The molecule has 2 amide bonds. The number of rotatable bonds is 8. The Morgan fingerprint density at radius 2 is 1.75 bits per heavy atom. The fraction of sp³-hybridized carbons (Fsp3) is 0.462. The maximum absolute atomic E-state index is 12.5. The molecule has 1 aromatic carbocycles. The molecule has 1 saturated heterocycles. The monoisotopic (exact) mass is 514 g/mol. The summed E-state index contributed by atoms with van der Waals surface area (Å²) in [5.74, 6) is 0.293. The number of carbonyl (C=O) groups is 1. The third-order valence-corrected chi connectivity index (χ3v) is 8.00. The van der Waals surface area contributed by atoms with Gasteiger partial charge in [-0.25, -0.2) is 13.2 Å². The minimum absolute atomic E-state index is 0.0278. The first-order valence-corrected chi connectivity index (χ1v) is 13.9. The third kappa shape index (κ3) is 7.96. The van der Waals surface area contributed by atoms with Crippen LogP contribution in [0, 0.1) is 5.92 Å². The van der Waals surface area contributed by atoms with Crippen LogP contribution >= 0.6 is 0 Å². The number of piperazine rings is 1. The zero-order valence-corrected chi connectivity index (χ0v) is 22.0. The number of carbonyl (C=O) groups excluding carboxylic acids is 1. The van der Waals surface area contributed by atoms with Gasteiger partial charge >= 0.3 is 6.03 Å². The molecule has 3 rings (SSSR count). The predicted molar refractivity (Wildman–Crippen MR) is 144 cm³/mol. The van der Waals surface area contributed by atoms with Gasteiger partial charge in [0.25, 0.3) is 10.0 Å². The fourth-order valence-corrected chi connectivity index (χ4v) is 5.52. The minimum atomic E-state index is -3.66. The Labute approximate surface area is 214 Å². The van der Waals surface area contributed by atoms with E-state index in [0.717, 1.165) is 57.6 Å². The van der Waals surface area contributed by atoms with Crippen LogP contribution in [0.2, 0.25) is 0 Å². The summed E-state index contributed by atoms with van der Waals surface area (Å²) < 4.78 is 27.6. The Morgan fingerprint density at radius 3 is 2.36 bits per heavy atom. The van der Waals surface area contributed by atoms with Gasteiger partial charge in [0.2, 0.25) is 0 Å². The van der Waals surface area contributed by atoms with Gasteiger partial charge in [-0.05, 0) is 69.7 Å². The molecule has 1 saturated carbocycles. The number of urea groups is 1. The van der Waals surface area contributed by atoms with Crippen molar-refractivity contribution < 1.29 is 13.2 Å². The highest BCUT2D eigenvalue weighted by Crippen LogP contribution is 2.26. The summed E-state index contributed by atoms with van der Waals surface area (Å²) in [6.07, 6.45) is 6.97. The molecule has 0 spiro atoms. The number of nitrogens with one attached hydrogen (secondary N) is 3. The number of benzene rings is 1. The molecule has 1 aromatic rings. The Kier molecular flexibility index (Phi) is 9.72. The topological polar surface area (TPSA) is 129 Å². The number of amides is 2. The first kappa shape index (κ1) is 27.5. The molecular weight excluding hydrogens is 476 g/mol. The van der Waals surface area contributed by atoms with Gasteiger partial charge in [0.15, 0.2) is 0 Å². The molecule has 0 aromatic heterocycles. The second-order valence-corrected chi connectivity index (χ2v) is 11.0. The molecule has 10 heteroatoms. The summed E-state index contributed by atoms with van der Waals surface area (Å²) in [4.78, 5) is 19.3. The first-order valence-electron chi connectivity index (χ1n) is 12.4. The average Bonchev–Trinajstić information content (AvgIpc) is 2.87. The van der Waals surface area contributed by atoms with E-state index < -0.39 is 10.0 Å². The van der Waals surface area contributed by atoms with Crippen molar-refractivity contribution in [1.29, 1.82) is 0 Å². The molecule has 1 aliphatic carbocycles. The fourth-order valence-electron chi connectivity index (χ4n) is 4.40. The Morgan fingerprint density at radius 1 is 1.11 bits per heavy atom. The van der Waals surface area contributed by atoms with Gasteiger partial charge in [0, 0.05) is 43.6 Å². The van der Waals surface area contributed by atoms with Crippen molar-refractivity contribution in [2.24, 2.45) is 16.6 Å². The van der Waals surface area contributed by atoms with Gasteiger partial charge < -0.3 is 21.3 Å². The molecule has 0 unspecified atom stereocenters. The van der Waals surface area contributed by atoms with Gasteiger partial charge in [-0.2, -0.15) is 0 Å². The van der Waals surface area contributed by atoms with E-state index in [9.17, 15) is 13.2 Å². The largest absolute Gasteiger partial charge is 0.397 e. The molecule has 0 radical (unpaired) electrons. The standard InChI is InChI=1S/C26H38N6O3S/c1-19(31-36(34,35)24-7-5-4-6-8-24)9-14-25(20(2)27)29-21(3)22-10-12-23(13-11-22)30-26(33)32-17-15-28-16-18-32/h4-9,14,22-23,28,31H,2,10-13,15-18,27H2,1,3H3,(H,30,33)/b19-9+,25-14+,29-21+. The lowest BCUT2D eigenvalue weighted by molar-refractivity contribution is 0.181. The first-order chi connectivity index (χ1) is 17.2. The highest BCUT2D eigenvalue weighted by Gasteiger charge is 2.26. The summed E-state index contributed by atoms with van der Waals surface area (Å²) in [6.45, 7) is 10.6. The molecule has 0 bridgehead atoms. The van der Waals surface area contributed by atoms with Gasteiger partial charge in [0.1, 0.15) is 0 Å². The van der Waals surface area contributed by atoms with Crippen LogP contribution in [-0.4, -0.2) is 57.3 Å². The van der Waals surface area contributed by atoms with Crippen molar-refractivity contribution in [3.8, 4) is 0 Å². The van der Waals surface area contributed by atoms with E-state index in [2.05, 4.69) is 21.9 Å². The van der Waals surface area contributed by atoms with Crippen LogP contribution in [0.25, 0.3) is 0 Å². The summed E-state index contributed by atoms with van der Waals surface area (Å²) in [5, 5.41) is 6.44. The van der Waals surface area contributed by atoms with Crippen LogP contribution in [-0.2, 0) is 10.0 Å². The van der Waals surface area contributed by atoms with Crippen LogP contribution in [0.3, 0.4) is 0 Å². The highest BCUT2D eigenvalue weighted by molar-refractivity contribution is 7.89. The van der Waals surface area contributed by atoms with E-state index in [4.69, 9.17) is 10.7 Å². The van der Waals surface area contributed by atoms with Gasteiger partial charge in [-0.15, -0.1) is 0 Å². The Bertz CT molecular complexity index is 1110. The third-order valence-electron chi connectivity index (χ3n) is 6.52. The van der Waals surface area contributed by atoms with Gasteiger partial charge in [-0.3, -0.25) is 9.71 Å². The second-order valence-electron chi connectivity index (χ2n) is 9.33. The SMILES string of the molecule is C=C(N)C(=C\C=C(/C)NS(=O)(=O)c1ccccc1)/N=C(\C)C1CCC(NC(=O)N2CCNCC2)CC1. The number of hydrogen-bond donors (Lipinski definition) is 4. The van der Waals surface area contributed by atoms with Crippen molar-refractivity contribution in [3.05, 3.63) is 66.2 Å². The van der Waals surface area contributed by atoms with Crippen LogP contribution in [0.5, 0.6) is 0 Å². The summed E-state index contributed by atoms with van der Waals surface area (Å²) in [6, 6.07) is 8.40. The number of aliphatic imine (C=N–C) groups is 1. The molecule has 2 fully saturated rings. The van der Waals surface area contributed by atoms with Crippen molar-refractivity contribution in [2.45, 2.75) is 50.5 Å². The molecule has 1 aliphatic heterocycles.